The summed E-state index contributed by atoms with van der Waals surface area (Å²) in [6.07, 6.45) is 1.86. The van der Waals surface area contributed by atoms with Crippen molar-refractivity contribution in [3.8, 4) is 0 Å². The third kappa shape index (κ3) is 3.48. The van der Waals surface area contributed by atoms with Gasteiger partial charge in [0, 0.05) is 6.20 Å². The Bertz CT molecular complexity index is 1780. The van der Waals surface area contributed by atoms with E-state index in [0.717, 1.165) is 26.9 Å². The minimum atomic E-state index is -0.839. The SMILES string of the molecule is Cc1cc(C)c2nc(N3C(=O)C(=O)C(=C(O)c4nc5c(C)cccn5c4C)C3c3ccccc3)sc2c1. The van der Waals surface area contributed by atoms with Crippen molar-refractivity contribution < 1.29 is 14.7 Å². The van der Waals surface area contributed by atoms with Gasteiger partial charge in [0.05, 0.1) is 27.5 Å². The van der Waals surface area contributed by atoms with Crippen LogP contribution in [0.15, 0.2) is 66.4 Å². The number of aliphatic hydroxyl groups excluding tert-OH is 1. The zero-order chi connectivity index (χ0) is 26.0. The monoisotopic (exact) mass is 508 g/mol. The maximum absolute atomic E-state index is 13.6. The molecular weight excluding hydrogens is 484 g/mol. The largest absolute Gasteiger partial charge is 0.505 e. The summed E-state index contributed by atoms with van der Waals surface area (Å²) in [4.78, 5) is 37.9. The molecule has 1 N–H and O–H groups in total. The number of anilines is 1. The molecule has 1 aliphatic rings. The number of hydrogen-bond acceptors (Lipinski definition) is 6. The summed E-state index contributed by atoms with van der Waals surface area (Å²) in [6.45, 7) is 7.77. The number of amides is 1. The van der Waals surface area contributed by atoms with Gasteiger partial charge in [0.25, 0.3) is 5.78 Å². The molecule has 5 aromatic rings. The molecule has 1 saturated heterocycles. The van der Waals surface area contributed by atoms with Crippen LogP contribution in [-0.2, 0) is 9.59 Å². The van der Waals surface area contributed by atoms with Gasteiger partial charge in [-0.2, -0.15) is 0 Å². The molecule has 1 amide bonds. The summed E-state index contributed by atoms with van der Waals surface area (Å²) in [5.74, 6) is -1.77. The van der Waals surface area contributed by atoms with E-state index in [1.807, 2.05) is 92.9 Å². The number of pyridine rings is 1. The summed E-state index contributed by atoms with van der Waals surface area (Å²) < 4.78 is 2.81. The molecule has 0 bridgehead atoms. The van der Waals surface area contributed by atoms with Gasteiger partial charge in [-0.05, 0) is 62.1 Å². The first-order valence-electron chi connectivity index (χ1n) is 11.9. The molecule has 4 heterocycles. The van der Waals surface area contributed by atoms with Crippen molar-refractivity contribution in [3.05, 3.63) is 100 Å². The number of carbonyl (C=O) groups excluding carboxylic acids is 2. The number of aromatic nitrogens is 3. The Morgan fingerprint density at radius 3 is 2.43 bits per heavy atom. The Morgan fingerprint density at radius 1 is 0.946 bits per heavy atom. The van der Waals surface area contributed by atoms with Crippen molar-refractivity contribution in [2.24, 2.45) is 0 Å². The molecule has 0 saturated carbocycles. The standard InChI is InChI=1S/C29H24N4O3S/c1-15-13-17(3)22-20(14-15)37-29(31-22)33-24(19-10-6-5-7-11-19)21(26(35)28(33)36)25(34)23-18(4)32-12-8-9-16(2)27(32)30-23/h5-14,24,34H,1-4H3. The number of imidazole rings is 1. The van der Waals surface area contributed by atoms with Gasteiger partial charge in [-0.15, -0.1) is 0 Å². The van der Waals surface area contributed by atoms with Crippen LogP contribution in [0.5, 0.6) is 0 Å². The number of fused-ring (bicyclic) bond motifs is 2. The van der Waals surface area contributed by atoms with Gasteiger partial charge in [0.2, 0.25) is 0 Å². The van der Waals surface area contributed by atoms with Gasteiger partial charge in [-0.25, -0.2) is 9.97 Å². The lowest BCUT2D eigenvalue weighted by molar-refractivity contribution is -0.132. The predicted molar refractivity (Wildman–Crippen MR) is 145 cm³/mol. The molecular formula is C29H24N4O3S. The second-order valence-corrected chi connectivity index (χ2v) is 10.4. The van der Waals surface area contributed by atoms with E-state index in [1.54, 1.807) is 0 Å². The van der Waals surface area contributed by atoms with Crippen LogP contribution in [0.2, 0.25) is 0 Å². The second-order valence-electron chi connectivity index (χ2n) is 9.44. The highest BCUT2D eigenvalue weighted by molar-refractivity contribution is 7.22. The molecule has 2 aromatic carbocycles. The molecule has 1 unspecified atom stereocenters. The van der Waals surface area contributed by atoms with Crippen LogP contribution in [0.25, 0.3) is 21.6 Å². The highest BCUT2D eigenvalue weighted by Gasteiger charge is 2.48. The molecule has 0 spiro atoms. The number of rotatable bonds is 3. The number of thiazole rings is 1. The van der Waals surface area contributed by atoms with Gasteiger partial charge >= 0.3 is 5.91 Å². The smallest absolute Gasteiger partial charge is 0.301 e. The number of aliphatic hydroxyl groups is 1. The van der Waals surface area contributed by atoms with Crippen molar-refractivity contribution >= 4 is 49.8 Å². The third-order valence-corrected chi connectivity index (χ3v) is 7.89. The van der Waals surface area contributed by atoms with Crippen molar-refractivity contribution in [2.75, 3.05) is 4.90 Å². The second kappa shape index (κ2) is 8.38. The Balaban J connectivity index is 1.60. The Labute approximate surface area is 217 Å². The Kier molecular flexibility index (Phi) is 5.24. The Hall–Kier alpha value is -4.30. The van der Waals surface area contributed by atoms with E-state index in [2.05, 4.69) is 4.98 Å². The van der Waals surface area contributed by atoms with E-state index < -0.39 is 17.7 Å². The number of nitrogens with zero attached hydrogens (tertiary/aromatic N) is 4. The molecule has 0 radical (unpaired) electrons. The number of aryl methyl sites for hydroxylation is 4. The summed E-state index contributed by atoms with van der Waals surface area (Å²) in [5.41, 5.74) is 6.19. The van der Waals surface area contributed by atoms with Crippen LogP contribution in [0.1, 0.15) is 39.7 Å². The quantitative estimate of drug-likeness (QED) is 0.189. The zero-order valence-corrected chi connectivity index (χ0v) is 21.6. The van der Waals surface area contributed by atoms with Crippen molar-refractivity contribution in [1.82, 2.24) is 14.4 Å². The van der Waals surface area contributed by atoms with Crippen LogP contribution in [0, 0.1) is 27.7 Å². The average molecular weight is 509 g/mol. The van der Waals surface area contributed by atoms with E-state index in [0.29, 0.717) is 22.0 Å². The molecule has 1 fully saturated rings. The molecule has 184 valence electrons. The lowest BCUT2D eigenvalue weighted by atomic mass is 9.96. The summed E-state index contributed by atoms with van der Waals surface area (Å²) in [5, 5.41) is 12.0. The third-order valence-electron chi connectivity index (χ3n) is 6.89. The minimum Gasteiger partial charge on any atom is -0.505 e. The lowest BCUT2D eigenvalue weighted by Crippen LogP contribution is -2.29. The van der Waals surface area contributed by atoms with E-state index >= 15 is 0 Å². The molecule has 37 heavy (non-hydrogen) atoms. The minimum absolute atomic E-state index is 0.00696. The molecule has 1 aliphatic heterocycles. The van der Waals surface area contributed by atoms with Crippen LogP contribution >= 0.6 is 11.3 Å². The molecule has 1 atom stereocenters. The average Bonchev–Trinajstić information content (AvgIpc) is 3.53. The number of Topliss-reactive ketones (excluding diaryl/α,β-unsaturated/α-hetero) is 1. The first-order chi connectivity index (χ1) is 17.8. The fourth-order valence-corrected chi connectivity index (χ4v) is 6.28. The zero-order valence-electron chi connectivity index (χ0n) is 20.8. The van der Waals surface area contributed by atoms with Crippen molar-refractivity contribution in [2.45, 2.75) is 33.7 Å². The predicted octanol–water partition coefficient (Wildman–Crippen LogP) is 5.80. The number of carbonyl (C=O) groups is 2. The Morgan fingerprint density at radius 2 is 1.70 bits per heavy atom. The summed E-state index contributed by atoms with van der Waals surface area (Å²) in [6, 6.07) is 16.3. The fourth-order valence-electron chi connectivity index (χ4n) is 5.12. The first kappa shape index (κ1) is 23.1. The maximum Gasteiger partial charge on any atom is 0.301 e. The van der Waals surface area contributed by atoms with Crippen LogP contribution in [-0.4, -0.2) is 31.2 Å². The van der Waals surface area contributed by atoms with Crippen molar-refractivity contribution in [1.29, 1.82) is 0 Å². The van der Waals surface area contributed by atoms with E-state index in [4.69, 9.17) is 4.98 Å². The van der Waals surface area contributed by atoms with Gasteiger partial charge in [-0.1, -0.05) is 53.8 Å². The van der Waals surface area contributed by atoms with Gasteiger partial charge in [0.15, 0.2) is 10.9 Å². The van der Waals surface area contributed by atoms with Gasteiger partial charge in [0.1, 0.15) is 11.3 Å². The normalized spacial score (nSPS) is 17.4. The fraction of sp³-hybridized carbons (Fsp3) is 0.172. The molecule has 6 rings (SSSR count). The van der Waals surface area contributed by atoms with Crippen LogP contribution in [0.3, 0.4) is 0 Å². The molecule has 3 aromatic heterocycles. The maximum atomic E-state index is 13.6. The number of ketones is 1. The summed E-state index contributed by atoms with van der Waals surface area (Å²) >= 11 is 1.36. The topological polar surface area (TPSA) is 87.8 Å². The van der Waals surface area contributed by atoms with E-state index in [1.165, 1.54) is 16.2 Å². The first-order valence-corrected chi connectivity index (χ1v) is 12.8. The highest BCUT2D eigenvalue weighted by atomic mass is 32.1. The molecule has 0 aliphatic carbocycles. The van der Waals surface area contributed by atoms with Crippen LogP contribution in [0.4, 0.5) is 5.13 Å². The van der Waals surface area contributed by atoms with Gasteiger partial charge in [-0.3, -0.25) is 14.5 Å². The molecule has 7 nitrogen and oxygen atoms in total. The summed E-state index contributed by atoms with van der Waals surface area (Å²) in [7, 11) is 0. The number of benzene rings is 2. The van der Waals surface area contributed by atoms with E-state index in [-0.39, 0.29) is 17.0 Å². The van der Waals surface area contributed by atoms with E-state index in [9.17, 15) is 14.7 Å². The van der Waals surface area contributed by atoms with Crippen LogP contribution < -0.4 is 4.90 Å². The molecule has 8 heteroatoms. The van der Waals surface area contributed by atoms with Crippen molar-refractivity contribution in [3.63, 3.8) is 0 Å². The highest BCUT2D eigenvalue weighted by Crippen LogP contribution is 2.44. The van der Waals surface area contributed by atoms with Gasteiger partial charge < -0.3 is 9.51 Å². The lowest BCUT2D eigenvalue weighted by Gasteiger charge is -2.22. The number of hydrogen-bond donors (Lipinski definition) is 1.